The van der Waals surface area contributed by atoms with Crippen molar-refractivity contribution in [3.05, 3.63) is 99.3 Å². The molecule has 0 aliphatic carbocycles. The summed E-state index contributed by atoms with van der Waals surface area (Å²) in [6.07, 6.45) is -4.03. The van der Waals surface area contributed by atoms with Crippen LogP contribution in [0.15, 0.2) is 60.7 Å². The van der Waals surface area contributed by atoms with Gasteiger partial charge in [0.05, 0.1) is 17.0 Å². The molecule has 1 atom stereocenters. The van der Waals surface area contributed by atoms with Crippen LogP contribution in [0.5, 0.6) is 5.75 Å². The zero-order chi connectivity index (χ0) is 27.7. The van der Waals surface area contributed by atoms with Crippen molar-refractivity contribution in [1.82, 2.24) is 4.90 Å². The second-order valence-corrected chi connectivity index (χ2v) is 9.95. The lowest BCUT2D eigenvalue weighted by Crippen LogP contribution is -2.33. The summed E-state index contributed by atoms with van der Waals surface area (Å²) in [4.78, 5) is 25.8. The fourth-order valence-corrected chi connectivity index (χ4v) is 4.77. The fourth-order valence-electron chi connectivity index (χ4n) is 4.57. The van der Waals surface area contributed by atoms with Gasteiger partial charge in [0.2, 0.25) is 0 Å². The van der Waals surface area contributed by atoms with E-state index in [0.29, 0.717) is 18.6 Å². The van der Waals surface area contributed by atoms with Gasteiger partial charge < -0.3 is 14.7 Å². The van der Waals surface area contributed by atoms with Crippen LogP contribution < -0.4 is 4.74 Å². The van der Waals surface area contributed by atoms with Crippen molar-refractivity contribution in [2.24, 2.45) is 0 Å². The van der Waals surface area contributed by atoms with E-state index in [1.165, 1.54) is 29.2 Å². The van der Waals surface area contributed by atoms with Crippen LogP contribution in [0.1, 0.15) is 46.0 Å². The molecule has 3 aromatic carbocycles. The summed E-state index contributed by atoms with van der Waals surface area (Å²) < 4.78 is 59.1. The lowest BCUT2D eigenvalue weighted by molar-refractivity contribution is -0.138. The molecule has 1 N–H and O–H groups in total. The number of ether oxygens (including phenoxy) is 1. The number of carboxylic acid groups (broad SMARTS) is 1. The summed E-state index contributed by atoms with van der Waals surface area (Å²) in [6, 6.07) is 13.9. The molecule has 0 bridgehead atoms. The molecular formula is C28H24ClF4NO4. The SMILES string of the molecule is CC1(Cc2ccc(F)c(Cl)c2)Cc2cc(C(=O)N(CCC(=O)O)Cc3cccc(C(F)(F)F)c3)ccc2O1. The topological polar surface area (TPSA) is 66.8 Å². The number of fused-ring (bicyclic) bond motifs is 1. The minimum absolute atomic E-state index is 0.0108. The van der Waals surface area contributed by atoms with E-state index in [2.05, 4.69) is 0 Å². The second kappa shape index (κ2) is 10.6. The molecule has 38 heavy (non-hydrogen) atoms. The van der Waals surface area contributed by atoms with Gasteiger partial charge in [0.1, 0.15) is 17.2 Å². The molecule has 0 aromatic heterocycles. The first-order valence-electron chi connectivity index (χ1n) is 11.8. The number of carbonyl (C=O) groups excluding carboxylic acids is 1. The van der Waals surface area contributed by atoms with Crippen LogP contribution in [-0.4, -0.2) is 34.0 Å². The largest absolute Gasteiger partial charge is 0.487 e. The van der Waals surface area contributed by atoms with Gasteiger partial charge in [-0.1, -0.05) is 29.8 Å². The number of hydrogen-bond donors (Lipinski definition) is 1. The van der Waals surface area contributed by atoms with Crippen molar-refractivity contribution in [3.63, 3.8) is 0 Å². The molecule has 200 valence electrons. The van der Waals surface area contributed by atoms with Crippen molar-refractivity contribution in [3.8, 4) is 5.75 Å². The van der Waals surface area contributed by atoms with E-state index in [9.17, 15) is 27.2 Å². The molecule has 4 rings (SSSR count). The maximum atomic E-state index is 13.5. The van der Waals surface area contributed by atoms with E-state index in [4.69, 9.17) is 21.4 Å². The average Bonchev–Trinajstić information content (AvgIpc) is 3.18. The maximum absolute atomic E-state index is 13.5. The highest BCUT2D eigenvalue weighted by Gasteiger charge is 2.36. The molecule has 0 radical (unpaired) electrons. The number of aliphatic carboxylic acids is 1. The lowest BCUT2D eigenvalue weighted by atomic mass is 9.91. The number of hydrogen-bond acceptors (Lipinski definition) is 3. The Morgan fingerprint density at radius 1 is 1.08 bits per heavy atom. The Morgan fingerprint density at radius 3 is 2.53 bits per heavy atom. The lowest BCUT2D eigenvalue weighted by Gasteiger charge is -2.24. The maximum Gasteiger partial charge on any atom is 0.416 e. The monoisotopic (exact) mass is 549 g/mol. The third-order valence-electron chi connectivity index (χ3n) is 6.30. The number of carboxylic acids is 1. The summed E-state index contributed by atoms with van der Waals surface area (Å²) in [5.41, 5.74) is 0.504. The quantitative estimate of drug-likeness (QED) is 0.324. The molecule has 3 aromatic rings. The average molecular weight is 550 g/mol. The highest BCUT2D eigenvalue weighted by atomic mass is 35.5. The van der Waals surface area contributed by atoms with Gasteiger partial charge in [0, 0.05) is 31.5 Å². The highest BCUT2D eigenvalue weighted by Crippen LogP contribution is 2.38. The molecule has 1 aliphatic heterocycles. The van der Waals surface area contributed by atoms with Crippen molar-refractivity contribution >= 4 is 23.5 Å². The molecular weight excluding hydrogens is 526 g/mol. The van der Waals surface area contributed by atoms with Crippen LogP contribution in [-0.2, 0) is 30.4 Å². The first kappa shape index (κ1) is 27.4. The first-order valence-corrected chi connectivity index (χ1v) is 12.1. The predicted molar refractivity (Wildman–Crippen MR) is 133 cm³/mol. The van der Waals surface area contributed by atoms with E-state index >= 15 is 0 Å². The Kier molecular flexibility index (Phi) is 7.69. The highest BCUT2D eigenvalue weighted by molar-refractivity contribution is 6.30. The van der Waals surface area contributed by atoms with Gasteiger partial charge in [-0.15, -0.1) is 0 Å². The van der Waals surface area contributed by atoms with E-state index in [0.717, 1.165) is 23.3 Å². The van der Waals surface area contributed by atoms with Crippen molar-refractivity contribution in [1.29, 1.82) is 0 Å². The summed E-state index contributed by atoms with van der Waals surface area (Å²) in [5, 5.41) is 9.15. The molecule has 1 amide bonds. The molecule has 1 heterocycles. The number of amides is 1. The number of alkyl halides is 3. The van der Waals surface area contributed by atoms with E-state index in [1.807, 2.05) is 6.92 Å². The van der Waals surface area contributed by atoms with Crippen LogP contribution in [0.2, 0.25) is 5.02 Å². The number of rotatable bonds is 8. The summed E-state index contributed by atoms with van der Waals surface area (Å²) >= 11 is 5.90. The van der Waals surface area contributed by atoms with Gasteiger partial charge >= 0.3 is 12.1 Å². The Bertz CT molecular complexity index is 1380. The summed E-state index contributed by atoms with van der Waals surface area (Å²) in [5.74, 6) is -1.58. The number of carbonyl (C=O) groups is 2. The van der Waals surface area contributed by atoms with Gasteiger partial charge in [-0.05, 0) is 66.1 Å². The molecule has 5 nitrogen and oxygen atoms in total. The standard InChI is InChI=1S/C28H24ClF4NO4/c1-27(14-17-5-7-23(30)22(29)12-17)15-20-13-19(6-8-24(20)38-27)26(37)34(10-9-25(35)36)16-18-3-2-4-21(11-18)28(31,32)33/h2-8,11-13H,9-10,14-16H2,1H3,(H,35,36). The van der Waals surface area contributed by atoms with E-state index < -0.39 is 35.0 Å². The zero-order valence-electron chi connectivity index (χ0n) is 20.3. The van der Waals surface area contributed by atoms with Crippen LogP contribution in [0.4, 0.5) is 17.6 Å². The molecule has 0 fully saturated rings. The third kappa shape index (κ3) is 6.45. The van der Waals surface area contributed by atoms with Crippen LogP contribution in [0.25, 0.3) is 0 Å². The fraction of sp³-hybridized carbons (Fsp3) is 0.286. The van der Waals surface area contributed by atoms with Crippen LogP contribution in [0.3, 0.4) is 0 Å². The molecule has 0 saturated carbocycles. The first-order chi connectivity index (χ1) is 17.8. The van der Waals surface area contributed by atoms with E-state index in [-0.39, 0.29) is 35.7 Å². The van der Waals surface area contributed by atoms with Gasteiger partial charge in [0.25, 0.3) is 5.91 Å². The number of benzene rings is 3. The second-order valence-electron chi connectivity index (χ2n) is 9.55. The van der Waals surface area contributed by atoms with Crippen molar-refractivity contribution < 1.29 is 37.0 Å². The smallest absolute Gasteiger partial charge is 0.416 e. The van der Waals surface area contributed by atoms with Gasteiger partial charge in [-0.3, -0.25) is 9.59 Å². The molecule has 0 saturated heterocycles. The summed E-state index contributed by atoms with van der Waals surface area (Å²) in [6.45, 7) is 1.52. The van der Waals surface area contributed by atoms with Crippen LogP contribution >= 0.6 is 11.6 Å². The van der Waals surface area contributed by atoms with Crippen molar-refractivity contribution in [2.45, 2.75) is 44.5 Å². The Balaban J connectivity index is 1.54. The Hall–Kier alpha value is -3.59. The molecule has 1 aliphatic rings. The van der Waals surface area contributed by atoms with Crippen molar-refractivity contribution in [2.75, 3.05) is 6.54 Å². The van der Waals surface area contributed by atoms with Crippen LogP contribution in [0, 0.1) is 5.82 Å². The van der Waals surface area contributed by atoms with Gasteiger partial charge in [0.15, 0.2) is 0 Å². The number of halogens is 5. The summed E-state index contributed by atoms with van der Waals surface area (Å²) in [7, 11) is 0. The predicted octanol–water partition coefficient (Wildman–Crippen LogP) is 6.55. The van der Waals surface area contributed by atoms with Gasteiger partial charge in [-0.2, -0.15) is 13.2 Å². The Labute approximate surface area is 221 Å². The Morgan fingerprint density at radius 2 is 1.84 bits per heavy atom. The number of nitrogens with zero attached hydrogens (tertiary/aromatic N) is 1. The zero-order valence-corrected chi connectivity index (χ0v) is 21.1. The van der Waals surface area contributed by atoms with E-state index in [1.54, 1.807) is 24.3 Å². The minimum atomic E-state index is -4.54. The molecule has 10 heteroatoms. The molecule has 0 spiro atoms. The molecule has 1 unspecified atom stereocenters. The van der Waals surface area contributed by atoms with Gasteiger partial charge in [-0.25, -0.2) is 4.39 Å². The normalized spacial score (nSPS) is 16.6. The minimum Gasteiger partial charge on any atom is -0.487 e. The third-order valence-corrected chi connectivity index (χ3v) is 6.59.